The SMILES string of the molecule is COc1ccc(-n2c(=O)n(-c3ccc(Oc4ccccc4)cc3)c3c(N)ncnc32)cc1N(C)C(=O)C=CCN(C)C1CCOC1. The average Bonchev–Trinajstić information content (AvgIpc) is 3.72. The van der Waals surface area contributed by atoms with Crippen molar-refractivity contribution in [3.05, 3.63) is 102 Å². The van der Waals surface area contributed by atoms with Crippen LogP contribution >= 0.6 is 0 Å². The van der Waals surface area contributed by atoms with Crippen LogP contribution in [0.3, 0.4) is 0 Å². The molecule has 1 saturated heterocycles. The number of fused-ring (bicyclic) bond motifs is 1. The first-order chi connectivity index (χ1) is 22.4. The second-order valence-electron chi connectivity index (χ2n) is 10.9. The summed E-state index contributed by atoms with van der Waals surface area (Å²) in [5, 5.41) is 0. The summed E-state index contributed by atoms with van der Waals surface area (Å²) < 4.78 is 19.9. The van der Waals surface area contributed by atoms with E-state index in [1.807, 2.05) is 43.5 Å². The molecule has 3 aromatic carbocycles. The van der Waals surface area contributed by atoms with E-state index in [2.05, 4.69) is 14.9 Å². The molecule has 6 rings (SSSR count). The summed E-state index contributed by atoms with van der Waals surface area (Å²) in [6, 6.07) is 22.0. The number of rotatable bonds is 10. The zero-order valence-electron chi connectivity index (χ0n) is 25.9. The van der Waals surface area contributed by atoms with Gasteiger partial charge in [0.1, 0.15) is 29.1 Å². The van der Waals surface area contributed by atoms with Crippen LogP contribution in [0.25, 0.3) is 22.5 Å². The van der Waals surface area contributed by atoms with E-state index in [4.69, 9.17) is 19.9 Å². The summed E-state index contributed by atoms with van der Waals surface area (Å²) >= 11 is 0. The van der Waals surface area contributed by atoms with Crippen LogP contribution in [0.4, 0.5) is 11.5 Å². The Morgan fingerprint density at radius 1 is 1.02 bits per heavy atom. The van der Waals surface area contributed by atoms with E-state index in [9.17, 15) is 9.59 Å². The number of ether oxygens (including phenoxy) is 3. The second kappa shape index (κ2) is 13.3. The molecule has 0 bridgehead atoms. The Balaban J connectivity index is 1.33. The Labute approximate surface area is 265 Å². The zero-order valence-corrected chi connectivity index (χ0v) is 25.9. The Kier molecular flexibility index (Phi) is 8.81. The minimum Gasteiger partial charge on any atom is -0.495 e. The van der Waals surface area contributed by atoms with E-state index in [0.29, 0.717) is 64.7 Å². The normalized spacial score (nSPS) is 14.7. The molecule has 3 heterocycles. The fourth-order valence-corrected chi connectivity index (χ4v) is 5.46. The summed E-state index contributed by atoms with van der Waals surface area (Å²) in [5.41, 5.74) is 8.06. The van der Waals surface area contributed by atoms with Gasteiger partial charge in [-0.15, -0.1) is 0 Å². The molecule has 0 saturated carbocycles. The van der Waals surface area contributed by atoms with Crippen molar-refractivity contribution in [2.75, 3.05) is 51.6 Å². The monoisotopic (exact) mass is 621 g/mol. The van der Waals surface area contributed by atoms with E-state index in [-0.39, 0.29) is 11.7 Å². The first-order valence-corrected chi connectivity index (χ1v) is 14.8. The van der Waals surface area contributed by atoms with Crippen LogP contribution < -0.4 is 25.8 Å². The highest BCUT2D eigenvalue weighted by Crippen LogP contribution is 2.32. The highest BCUT2D eigenvalue weighted by atomic mass is 16.5. The molecule has 1 fully saturated rings. The molecule has 1 aliphatic heterocycles. The molecule has 0 radical (unpaired) electrons. The molecule has 46 heavy (non-hydrogen) atoms. The van der Waals surface area contributed by atoms with Crippen LogP contribution in [0.15, 0.2) is 96.1 Å². The quantitative estimate of drug-likeness (QED) is 0.228. The van der Waals surface area contributed by atoms with Gasteiger partial charge in [0, 0.05) is 32.3 Å². The van der Waals surface area contributed by atoms with Crippen molar-refractivity contribution >= 4 is 28.6 Å². The van der Waals surface area contributed by atoms with Gasteiger partial charge in [0.25, 0.3) is 5.91 Å². The van der Waals surface area contributed by atoms with Crippen molar-refractivity contribution in [2.24, 2.45) is 0 Å². The number of likely N-dealkylation sites (N-methyl/N-ethyl adjacent to an activating group) is 2. The molecular formula is C34H35N7O5. The fourth-order valence-electron chi connectivity index (χ4n) is 5.46. The third-order valence-electron chi connectivity index (χ3n) is 8.02. The molecule has 2 aromatic heterocycles. The maximum Gasteiger partial charge on any atom is 0.339 e. The van der Waals surface area contributed by atoms with Gasteiger partial charge in [0.2, 0.25) is 0 Å². The summed E-state index contributed by atoms with van der Waals surface area (Å²) in [7, 11) is 5.21. The third-order valence-corrected chi connectivity index (χ3v) is 8.02. The van der Waals surface area contributed by atoms with Gasteiger partial charge in [0.05, 0.1) is 30.8 Å². The minimum absolute atomic E-state index is 0.144. The maximum absolute atomic E-state index is 14.1. The zero-order chi connectivity index (χ0) is 32.2. The number of imidazole rings is 1. The van der Waals surface area contributed by atoms with Crippen LogP contribution in [-0.4, -0.2) is 76.9 Å². The summed E-state index contributed by atoms with van der Waals surface area (Å²) in [5.74, 6) is 1.67. The first kappa shape index (κ1) is 30.6. The van der Waals surface area contributed by atoms with Crippen LogP contribution in [0.5, 0.6) is 17.2 Å². The van der Waals surface area contributed by atoms with Gasteiger partial charge in [-0.1, -0.05) is 24.3 Å². The minimum atomic E-state index is -0.414. The lowest BCUT2D eigenvalue weighted by molar-refractivity contribution is -0.113. The standard InChI is InChI=1S/C34H35N7O5/c1-38(25-17-19-45-21-25)18-7-10-30(42)39(2)28-20-24(13-16-29(28)44-3)41-33-31(32(35)36-22-37-33)40(34(41)43)23-11-14-27(15-12-23)46-26-8-5-4-6-9-26/h4-16,20,22,25H,17-19,21H2,1-3H3,(H2,35,36,37). The van der Waals surface area contributed by atoms with Crippen LogP contribution in [0, 0.1) is 0 Å². The van der Waals surface area contributed by atoms with Gasteiger partial charge in [-0.2, -0.15) is 0 Å². The molecule has 1 unspecified atom stereocenters. The first-order valence-electron chi connectivity index (χ1n) is 14.8. The number of amides is 1. The van der Waals surface area contributed by atoms with Crippen LogP contribution in [-0.2, 0) is 9.53 Å². The number of aromatic nitrogens is 4. The largest absolute Gasteiger partial charge is 0.495 e. The summed E-state index contributed by atoms with van der Waals surface area (Å²) in [4.78, 5) is 39.6. The maximum atomic E-state index is 14.1. The average molecular weight is 622 g/mol. The number of methoxy groups -OCH3 is 1. The number of nitrogen functional groups attached to an aromatic ring is 1. The smallest absolute Gasteiger partial charge is 0.339 e. The number of hydrogen-bond acceptors (Lipinski definition) is 9. The predicted octanol–water partition coefficient (Wildman–Crippen LogP) is 4.19. The van der Waals surface area contributed by atoms with Crippen LogP contribution in [0.1, 0.15) is 6.42 Å². The molecule has 236 valence electrons. The number of para-hydroxylation sites is 1. The van der Waals surface area contributed by atoms with Crippen molar-refractivity contribution in [3.8, 4) is 28.6 Å². The number of nitrogens with two attached hydrogens (primary N) is 1. The van der Waals surface area contributed by atoms with Gasteiger partial charge >= 0.3 is 5.69 Å². The molecule has 2 N–H and O–H groups in total. The predicted molar refractivity (Wildman–Crippen MR) is 176 cm³/mol. The number of carbonyl (C=O) groups excluding carboxylic acids is 1. The summed E-state index contributed by atoms with van der Waals surface area (Å²) in [6.45, 7) is 2.07. The molecule has 1 aliphatic rings. The Hall–Kier alpha value is -5.46. The van der Waals surface area contributed by atoms with E-state index >= 15 is 0 Å². The molecule has 1 amide bonds. The number of carbonyl (C=O) groups is 1. The van der Waals surface area contributed by atoms with Gasteiger partial charge < -0.3 is 24.8 Å². The lowest BCUT2D eigenvalue weighted by Gasteiger charge is -2.21. The number of nitrogens with zero attached hydrogens (tertiary/aromatic N) is 6. The van der Waals surface area contributed by atoms with E-state index in [0.717, 1.165) is 13.0 Å². The van der Waals surface area contributed by atoms with Crippen molar-refractivity contribution in [2.45, 2.75) is 12.5 Å². The van der Waals surface area contributed by atoms with Crippen molar-refractivity contribution in [3.63, 3.8) is 0 Å². The second-order valence-corrected chi connectivity index (χ2v) is 10.9. The topological polar surface area (TPSA) is 130 Å². The molecule has 12 nitrogen and oxygen atoms in total. The number of benzene rings is 3. The number of anilines is 2. The molecule has 1 atom stereocenters. The lowest BCUT2D eigenvalue weighted by Crippen LogP contribution is -2.32. The Morgan fingerprint density at radius 3 is 2.48 bits per heavy atom. The van der Waals surface area contributed by atoms with Gasteiger partial charge in [-0.3, -0.25) is 14.3 Å². The lowest BCUT2D eigenvalue weighted by atomic mass is 10.2. The molecule has 0 spiro atoms. The fraction of sp³-hybridized carbons (Fsp3) is 0.235. The van der Waals surface area contributed by atoms with Gasteiger partial charge in [-0.05, 0) is 68.1 Å². The van der Waals surface area contributed by atoms with Crippen LogP contribution in [0.2, 0.25) is 0 Å². The molecule has 5 aromatic rings. The van der Waals surface area contributed by atoms with Crippen molar-refractivity contribution in [1.82, 2.24) is 24.0 Å². The Morgan fingerprint density at radius 2 is 1.76 bits per heavy atom. The number of hydrogen-bond donors (Lipinski definition) is 1. The van der Waals surface area contributed by atoms with E-state index < -0.39 is 5.69 Å². The van der Waals surface area contributed by atoms with Crippen molar-refractivity contribution in [1.29, 1.82) is 0 Å². The highest BCUT2D eigenvalue weighted by Gasteiger charge is 2.23. The summed E-state index contributed by atoms with van der Waals surface area (Å²) in [6.07, 6.45) is 5.66. The van der Waals surface area contributed by atoms with Gasteiger partial charge in [0.15, 0.2) is 11.5 Å². The van der Waals surface area contributed by atoms with E-state index in [1.54, 1.807) is 49.5 Å². The van der Waals surface area contributed by atoms with Gasteiger partial charge in [-0.25, -0.2) is 19.3 Å². The van der Waals surface area contributed by atoms with Crippen molar-refractivity contribution < 1.29 is 19.0 Å². The molecular weight excluding hydrogens is 586 g/mol. The highest BCUT2D eigenvalue weighted by molar-refractivity contribution is 6.02. The molecule has 12 heteroatoms. The molecule has 0 aliphatic carbocycles. The third kappa shape index (κ3) is 6.08. The van der Waals surface area contributed by atoms with E-state index in [1.165, 1.54) is 33.5 Å². The Bertz CT molecular complexity index is 1930.